The van der Waals surface area contributed by atoms with Crippen molar-refractivity contribution in [1.82, 2.24) is 0 Å². The Morgan fingerprint density at radius 2 is 0.682 bits per heavy atom. The van der Waals surface area contributed by atoms with E-state index >= 15 is 0 Å². The molecule has 0 radical (unpaired) electrons. The highest BCUT2D eigenvalue weighted by molar-refractivity contribution is 5.53. The van der Waals surface area contributed by atoms with E-state index in [1.54, 1.807) is 12.2 Å². The smallest absolute Gasteiger partial charge is 0.0254 e. The number of hydrogen-bond acceptors (Lipinski definition) is 0. The second kappa shape index (κ2) is 39.8. The first-order chi connectivity index (χ1) is 31.9. The fourth-order valence-corrected chi connectivity index (χ4v) is 5.58. The zero-order chi connectivity index (χ0) is 49.2. The Bertz CT molecular complexity index is 2250. The molecule has 0 aliphatic rings. The molecule has 66 heavy (non-hydrogen) atoms. The van der Waals surface area contributed by atoms with Crippen molar-refractivity contribution in [3.05, 3.63) is 276 Å². The quantitative estimate of drug-likeness (QED) is 0.101. The predicted octanol–water partition coefficient (Wildman–Crippen LogP) is 20.0. The second-order valence-electron chi connectivity index (χ2n) is 15.6. The molecule has 0 saturated heterocycles. The maximum Gasteiger partial charge on any atom is -0.0254 e. The third kappa shape index (κ3) is 31.1. The van der Waals surface area contributed by atoms with Crippen molar-refractivity contribution >= 4 is 36.5 Å². The Balaban J connectivity index is 0.000000757. The van der Waals surface area contributed by atoms with E-state index in [1.165, 1.54) is 105 Å². The summed E-state index contributed by atoms with van der Waals surface area (Å²) in [6, 6.07) is 50.3. The standard InChI is InChI=1S/2C11H12.2C11H14.2C9H10.C4H10/c1-3-4-7-11-8-5-6-10(2)9-11;1-3-4-5-11-8-6-10(2)7-9-11;1-3-6-11-8-5-7-10(4-2)9-11;1-3-5-11-8-6-10(4-2)7-9-11;1-3-9-6-4-8(2)5-7-9;1-3-9-6-4-5-8(2)7-9;1-3-4-2/h2*3-9H,1H2,2H3;4-5,7-9H,2-3,6H2,1H3;4,6-9H,2-3,5H2,1H3;2*3-7H,1H2,2H3;3-4H2,1-2H3/b7-4+;5-4+;;;;;. The van der Waals surface area contributed by atoms with Gasteiger partial charge in [-0.15, -0.1) is 0 Å². The fraction of sp³-hybridized carbons (Fsp3) is 0.212. The lowest BCUT2D eigenvalue weighted by molar-refractivity contribution is 0.886. The van der Waals surface area contributed by atoms with Gasteiger partial charge >= 0.3 is 0 Å². The molecule has 0 saturated carbocycles. The summed E-state index contributed by atoms with van der Waals surface area (Å²) in [5, 5.41) is 0. The van der Waals surface area contributed by atoms with Crippen LogP contribution in [0.25, 0.3) is 36.5 Å². The van der Waals surface area contributed by atoms with Crippen LogP contribution in [0.5, 0.6) is 0 Å². The van der Waals surface area contributed by atoms with Gasteiger partial charge in [0, 0.05) is 0 Å². The van der Waals surface area contributed by atoms with Crippen LogP contribution in [0.4, 0.5) is 0 Å². The molecule has 0 spiro atoms. The topological polar surface area (TPSA) is 0 Å². The van der Waals surface area contributed by atoms with Crippen molar-refractivity contribution in [3.63, 3.8) is 0 Å². The van der Waals surface area contributed by atoms with Crippen LogP contribution in [0.3, 0.4) is 0 Å². The van der Waals surface area contributed by atoms with Crippen molar-refractivity contribution in [2.75, 3.05) is 0 Å². The highest BCUT2D eigenvalue weighted by Crippen LogP contribution is 2.10. The van der Waals surface area contributed by atoms with Crippen molar-refractivity contribution in [2.24, 2.45) is 0 Å². The molecule has 0 aliphatic carbocycles. The van der Waals surface area contributed by atoms with Crippen molar-refractivity contribution in [3.8, 4) is 0 Å². The van der Waals surface area contributed by atoms with Gasteiger partial charge in [0.2, 0.25) is 0 Å². The van der Waals surface area contributed by atoms with Crippen LogP contribution in [0.15, 0.2) is 209 Å². The van der Waals surface area contributed by atoms with Gasteiger partial charge in [0.1, 0.15) is 0 Å². The minimum atomic E-state index is 1.17. The third-order valence-electron chi connectivity index (χ3n) is 9.54. The summed E-state index contributed by atoms with van der Waals surface area (Å²) < 4.78 is 0. The van der Waals surface area contributed by atoms with Crippen LogP contribution in [0, 0.1) is 27.7 Å². The van der Waals surface area contributed by atoms with Crippen molar-refractivity contribution < 1.29 is 0 Å². The van der Waals surface area contributed by atoms with Crippen LogP contribution >= 0.6 is 0 Å². The van der Waals surface area contributed by atoms with E-state index in [2.05, 4.69) is 228 Å². The van der Waals surface area contributed by atoms with Gasteiger partial charge in [-0.2, -0.15) is 0 Å². The molecule has 0 atom stereocenters. The van der Waals surface area contributed by atoms with E-state index in [4.69, 9.17) is 0 Å². The first-order valence-electron chi connectivity index (χ1n) is 23.5. The predicted molar refractivity (Wildman–Crippen MR) is 305 cm³/mol. The van der Waals surface area contributed by atoms with Gasteiger partial charge in [0.25, 0.3) is 0 Å². The number of aryl methyl sites for hydroxylation is 6. The fourth-order valence-electron chi connectivity index (χ4n) is 5.58. The summed E-state index contributed by atoms with van der Waals surface area (Å²) in [4.78, 5) is 0. The van der Waals surface area contributed by atoms with E-state index in [1.807, 2.05) is 60.7 Å². The summed E-state index contributed by atoms with van der Waals surface area (Å²) in [6.45, 7) is 39.1. The lowest BCUT2D eigenvalue weighted by atomic mass is 10.1. The van der Waals surface area contributed by atoms with Crippen molar-refractivity contribution in [1.29, 1.82) is 0 Å². The van der Waals surface area contributed by atoms with Crippen LogP contribution in [0.1, 0.15) is 120 Å². The van der Waals surface area contributed by atoms with Gasteiger partial charge in [-0.05, 0) is 85.0 Å². The van der Waals surface area contributed by atoms with E-state index in [9.17, 15) is 0 Å². The van der Waals surface area contributed by atoms with Crippen LogP contribution in [0.2, 0.25) is 0 Å². The average molecular weight is 875 g/mol. The minimum absolute atomic E-state index is 1.17. The zero-order valence-electron chi connectivity index (χ0n) is 42.1. The lowest BCUT2D eigenvalue weighted by Gasteiger charge is -1.98. The maximum absolute atomic E-state index is 3.73. The summed E-state index contributed by atoms with van der Waals surface area (Å²) in [5.74, 6) is 0. The molecule has 6 aromatic carbocycles. The lowest BCUT2D eigenvalue weighted by Crippen LogP contribution is -1.82. The molecule has 0 heteroatoms. The highest BCUT2D eigenvalue weighted by Gasteiger charge is 1.91. The molecule has 0 nitrogen and oxygen atoms in total. The molecule has 0 aromatic heterocycles. The Labute approximate surface area is 404 Å². The van der Waals surface area contributed by atoms with Gasteiger partial charge in [-0.3, -0.25) is 0 Å². The number of unbranched alkanes of at least 4 members (excludes halogenated alkanes) is 1. The zero-order valence-corrected chi connectivity index (χ0v) is 42.1. The number of hydrogen-bond donors (Lipinski definition) is 0. The molecular weight excluding hydrogens is 793 g/mol. The first-order valence-corrected chi connectivity index (χ1v) is 23.5. The molecule has 0 amide bonds. The molecule has 0 fully saturated rings. The summed E-state index contributed by atoms with van der Waals surface area (Å²) >= 11 is 0. The molecule has 6 aromatic rings. The van der Waals surface area contributed by atoms with E-state index in [0.29, 0.717) is 0 Å². The molecule has 6 rings (SSSR count). The average Bonchev–Trinajstić information content (AvgIpc) is 3.35. The normalized spacial score (nSPS) is 9.52. The first kappa shape index (κ1) is 59.2. The molecule has 0 aliphatic heterocycles. The monoisotopic (exact) mass is 875 g/mol. The van der Waals surface area contributed by atoms with E-state index in [-0.39, 0.29) is 0 Å². The van der Waals surface area contributed by atoms with Gasteiger partial charge in [0.15, 0.2) is 0 Å². The Morgan fingerprint density at radius 3 is 1.08 bits per heavy atom. The SMILES string of the molecule is C=C/C=C/c1ccc(C)cc1.C=C/C=C/c1cccc(C)c1.C=Cc1ccc(C)cc1.C=Cc1ccc(CCC)cc1.C=Cc1cccc(C)c1.C=Cc1cccc(CCC)c1.CCCC. The van der Waals surface area contributed by atoms with E-state index < -0.39 is 0 Å². The van der Waals surface area contributed by atoms with Gasteiger partial charge in [-0.25, -0.2) is 0 Å². The number of rotatable bonds is 13. The Kier molecular flexibility index (Phi) is 35.7. The maximum atomic E-state index is 3.73. The third-order valence-corrected chi connectivity index (χ3v) is 9.54. The molecule has 346 valence electrons. The van der Waals surface area contributed by atoms with E-state index in [0.717, 1.165) is 0 Å². The minimum Gasteiger partial charge on any atom is -0.0991 e. The second-order valence-corrected chi connectivity index (χ2v) is 15.6. The molecule has 0 bridgehead atoms. The van der Waals surface area contributed by atoms with Gasteiger partial charge in [-0.1, -0.05) is 321 Å². The molecule has 0 N–H and O–H groups in total. The molecular formula is C66H82. The largest absolute Gasteiger partial charge is 0.0991 e. The highest BCUT2D eigenvalue weighted by atomic mass is 14.0. The number of benzene rings is 6. The number of allylic oxidation sites excluding steroid dienone is 4. The van der Waals surface area contributed by atoms with Crippen LogP contribution in [-0.2, 0) is 12.8 Å². The summed E-state index contributed by atoms with van der Waals surface area (Å²) in [7, 11) is 0. The van der Waals surface area contributed by atoms with Crippen molar-refractivity contribution in [2.45, 2.75) is 93.9 Å². The molecule has 0 unspecified atom stereocenters. The van der Waals surface area contributed by atoms with Crippen LogP contribution in [-0.4, -0.2) is 0 Å². The molecule has 0 heterocycles. The Morgan fingerprint density at radius 1 is 0.318 bits per heavy atom. The summed E-state index contributed by atoms with van der Waals surface area (Å²) in [6.07, 6.45) is 26.4. The summed E-state index contributed by atoms with van der Waals surface area (Å²) in [5.41, 5.74) is 15.2. The van der Waals surface area contributed by atoms with Crippen LogP contribution < -0.4 is 0 Å². The van der Waals surface area contributed by atoms with Gasteiger partial charge in [0.05, 0.1) is 0 Å². The van der Waals surface area contributed by atoms with Gasteiger partial charge < -0.3 is 0 Å². The Hall–Kier alpha value is -6.76.